The summed E-state index contributed by atoms with van der Waals surface area (Å²) < 4.78 is 7.56. The molecule has 7 rings (SSSR count). The average molecular weight is 459 g/mol. The summed E-state index contributed by atoms with van der Waals surface area (Å²) in [6, 6.07) is 15.3. The number of hydrogen-bond donors (Lipinski definition) is 2. The molecule has 2 N–H and O–H groups in total. The first kappa shape index (κ1) is 21.4. The Hall–Kier alpha value is -3.12. The highest BCUT2D eigenvalue weighted by molar-refractivity contribution is 5.97. The van der Waals surface area contributed by atoms with Crippen LogP contribution in [0.25, 0.3) is 10.8 Å². The number of hydrogen-bond acceptors (Lipinski definition) is 4. The zero-order valence-electron chi connectivity index (χ0n) is 19.2. The van der Waals surface area contributed by atoms with Gasteiger partial charge in [0.05, 0.1) is 6.54 Å². The number of aromatic nitrogens is 1. The number of benzene rings is 2. The molecule has 4 aliphatic rings. The normalized spacial score (nSPS) is 27.1. The molecule has 6 nitrogen and oxygen atoms in total. The minimum atomic E-state index is -0.642. The zero-order chi connectivity index (χ0) is 23.3. The highest BCUT2D eigenvalue weighted by Crippen LogP contribution is 2.60. The molecule has 0 radical (unpaired) electrons. The fraction of sp³-hybridized carbons (Fsp3) is 0.429. The predicted octanol–water partition coefficient (Wildman–Crippen LogP) is 4.67. The first-order valence-corrected chi connectivity index (χ1v) is 12.3. The van der Waals surface area contributed by atoms with Crippen molar-refractivity contribution in [2.24, 2.45) is 17.8 Å². The molecule has 0 saturated heterocycles. The van der Waals surface area contributed by atoms with E-state index in [9.17, 15) is 9.59 Å². The summed E-state index contributed by atoms with van der Waals surface area (Å²) in [5, 5.41) is 10.0. The van der Waals surface area contributed by atoms with E-state index in [1.54, 1.807) is 28.4 Å². The van der Waals surface area contributed by atoms with E-state index in [0.717, 1.165) is 28.9 Å². The van der Waals surface area contributed by atoms with Gasteiger partial charge in [0.1, 0.15) is 12.4 Å². The summed E-state index contributed by atoms with van der Waals surface area (Å²) >= 11 is 0. The molecule has 2 aromatic carbocycles. The van der Waals surface area contributed by atoms with Gasteiger partial charge in [-0.1, -0.05) is 18.2 Å². The number of nitrogens with one attached hydrogen (secondary N) is 1. The molecule has 3 aromatic rings. The lowest BCUT2D eigenvalue weighted by atomic mass is 9.48. The molecule has 4 saturated carbocycles. The molecule has 0 spiro atoms. The van der Waals surface area contributed by atoms with Gasteiger partial charge >= 0.3 is 0 Å². The summed E-state index contributed by atoms with van der Waals surface area (Å²) in [6.45, 7) is 0.779. The molecular formula is C28H30N2O4. The Kier molecular flexibility index (Phi) is 5.21. The number of rotatable bonds is 6. The number of hydroxylamine groups is 1. The van der Waals surface area contributed by atoms with Crippen LogP contribution in [-0.2, 0) is 12.0 Å². The van der Waals surface area contributed by atoms with Crippen LogP contribution in [0.3, 0.4) is 0 Å². The maximum absolute atomic E-state index is 12.9. The number of carbonyl (C=O) groups excluding carboxylic acids is 1. The van der Waals surface area contributed by atoms with Crippen molar-refractivity contribution in [2.45, 2.75) is 50.5 Å². The van der Waals surface area contributed by atoms with Crippen LogP contribution in [0.2, 0.25) is 0 Å². The van der Waals surface area contributed by atoms with E-state index in [1.165, 1.54) is 50.2 Å². The molecule has 4 aliphatic carbocycles. The van der Waals surface area contributed by atoms with Crippen LogP contribution >= 0.6 is 0 Å². The third-order valence-corrected chi connectivity index (χ3v) is 8.45. The summed E-state index contributed by atoms with van der Waals surface area (Å²) in [4.78, 5) is 24.6. The van der Waals surface area contributed by atoms with Gasteiger partial charge in [-0.25, -0.2) is 5.48 Å². The second kappa shape index (κ2) is 8.27. The zero-order valence-corrected chi connectivity index (χ0v) is 19.2. The second-order valence-electron chi connectivity index (χ2n) is 10.6. The van der Waals surface area contributed by atoms with Gasteiger partial charge in [-0.2, -0.15) is 0 Å². The van der Waals surface area contributed by atoms with Crippen molar-refractivity contribution in [2.75, 3.05) is 6.61 Å². The van der Waals surface area contributed by atoms with E-state index in [1.807, 2.05) is 6.07 Å². The Labute approximate surface area is 198 Å². The third-order valence-electron chi connectivity index (χ3n) is 8.45. The van der Waals surface area contributed by atoms with Crippen molar-refractivity contribution in [3.63, 3.8) is 0 Å². The van der Waals surface area contributed by atoms with Gasteiger partial charge in [0.2, 0.25) is 0 Å². The Morgan fingerprint density at radius 2 is 1.68 bits per heavy atom. The Morgan fingerprint density at radius 3 is 2.32 bits per heavy atom. The number of nitrogens with zero attached hydrogens (tertiary/aromatic N) is 1. The van der Waals surface area contributed by atoms with Crippen LogP contribution < -0.4 is 15.8 Å². The monoisotopic (exact) mass is 458 g/mol. The fourth-order valence-electron chi connectivity index (χ4n) is 7.29. The first-order valence-electron chi connectivity index (χ1n) is 12.3. The summed E-state index contributed by atoms with van der Waals surface area (Å²) in [5.74, 6) is 2.96. The molecule has 1 amide bonds. The maximum Gasteiger partial charge on any atom is 0.274 e. The van der Waals surface area contributed by atoms with E-state index < -0.39 is 5.91 Å². The van der Waals surface area contributed by atoms with Gasteiger partial charge in [-0.05, 0) is 103 Å². The van der Waals surface area contributed by atoms with Gasteiger partial charge in [-0.3, -0.25) is 14.8 Å². The fourth-order valence-corrected chi connectivity index (χ4v) is 7.29. The summed E-state index contributed by atoms with van der Waals surface area (Å²) in [7, 11) is 0. The molecule has 6 heteroatoms. The smallest absolute Gasteiger partial charge is 0.274 e. The molecule has 4 fully saturated rings. The van der Waals surface area contributed by atoms with Gasteiger partial charge in [0.25, 0.3) is 11.5 Å². The third kappa shape index (κ3) is 3.70. The minimum Gasteiger partial charge on any atom is -0.492 e. The van der Waals surface area contributed by atoms with Crippen molar-refractivity contribution < 1.29 is 14.7 Å². The van der Waals surface area contributed by atoms with Crippen LogP contribution in [0.1, 0.15) is 54.4 Å². The molecule has 0 unspecified atom stereocenters. The van der Waals surface area contributed by atoms with E-state index in [2.05, 4.69) is 24.3 Å². The Bertz CT molecular complexity index is 1260. The molecule has 176 valence electrons. The summed E-state index contributed by atoms with van der Waals surface area (Å²) in [5.41, 5.74) is 3.52. The standard InChI is InChI=1S/C28H30N2O4/c31-26(29-33)22-2-1-21-7-8-30(27(32)25(21)14-22)9-10-34-24-5-3-23(4-6-24)28-15-18-11-19(16-28)13-20(12-18)17-28/h1-8,14,18-20,33H,9-13,15-17H2,(H,29,31). The Balaban J connectivity index is 1.13. The first-order chi connectivity index (χ1) is 16.5. The number of pyridine rings is 1. The predicted molar refractivity (Wildman–Crippen MR) is 129 cm³/mol. The van der Waals surface area contributed by atoms with Crippen LogP contribution in [0.15, 0.2) is 59.5 Å². The summed E-state index contributed by atoms with van der Waals surface area (Å²) in [6.07, 6.45) is 10.2. The lowest BCUT2D eigenvalue weighted by Gasteiger charge is -2.57. The average Bonchev–Trinajstić information content (AvgIpc) is 2.84. The van der Waals surface area contributed by atoms with Crippen LogP contribution in [0.4, 0.5) is 0 Å². The lowest BCUT2D eigenvalue weighted by Crippen LogP contribution is -2.48. The Morgan fingerprint density at radius 1 is 1.00 bits per heavy atom. The second-order valence-corrected chi connectivity index (χ2v) is 10.6. The van der Waals surface area contributed by atoms with Gasteiger partial charge in [0.15, 0.2) is 0 Å². The van der Waals surface area contributed by atoms with Crippen molar-refractivity contribution in [1.82, 2.24) is 10.0 Å². The van der Waals surface area contributed by atoms with E-state index in [4.69, 9.17) is 9.94 Å². The largest absolute Gasteiger partial charge is 0.492 e. The van der Waals surface area contributed by atoms with Crippen LogP contribution in [0, 0.1) is 17.8 Å². The van der Waals surface area contributed by atoms with E-state index >= 15 is 0 Å². The SMILES string of the molecule is O=C(NO)c1ccc2ccn(CCOc3ccc(C45CC6CC(CC(C6)C4)C5)cc3)c(=O)c2c1. The van der Waals surface area contributed by atoms with E-state index in [-0.39, 0.29) is 11.1 Å². The lowest BCUT2D eigenvalue weighted by molar-refractivity contribution is -0.00520. The number of amides is 1. The van der Waals surface area contributed by atoms with Crippen molar-refractivity contribution in [3.05, 3.63) is 76.2 Å². The van der Waals surface area contributed by atoms with Crippen molar-refractivity contribution >= 4 is 16.7 Å². The van der Waals surface area contributed by atoms with Crippen molar-refractivity contribution in [1.29, 1.82) is 0 Å². The van der Waals surface area contributed by atoms with Crippen LogP contribution in [0.5, 0.6) is 5.75 Å². The highest BCUT2D eigenvalue weighted by Gasteiger charge is 2.51. The molecule has 4 bridgehead atoms. The number of carbonyl (C=O) groups is 1. The molecule has 34 heavy (non-hydrogen) atoms. The van der Waals surface area contributed by atoms with Gasteiger partial charge in [0, 0.05) is 17.1 Å². The topological polar surface area (TPSA) is 80.6 Å². The molecular weight excluding hydrogens is 428 g/mol. The molecule has 1 aromatic heterocycles. The highest BCUT2D eigenvalue weighted by atomic mass is 16.5. The van der Waals surface area contributed by atoms with Crippen LogP contribution in [-0.4, -0.2) is 22.3 Å². The molecule has 0 atom stereocenters. The molecule has 0 aliphatic heterocycles. The van der Waals surface area contributed by atoms with E-state index in [0.29, 0.717) is 24.0 Å². The van der Waals surface area contributed by atoms with Gasteiger partial charge in [-0.15, -0.1) is 0 Å². The maximum atomic E-state index is 12.9. The van der Waals surface area contributed by atoms with Crippen molar-refractivity contribution in [3.8, 4) is 5.75 Å². The number of ether oxygens (including phenoxy) is 1. The number of fused-ring (bicyclic) bond motifs is 1. The molecule has 1 heterocycles. The van der Waals surface area contributed by atoms with Gasteiger partial charge < -0.3 is 9.30 Å². The minimum absolute atomic E-state index is 0.189. The quantitative estimate of drug-likeness (QED) is 0.416.